The second kappa shape index (κ2) is 9.01. The molecular weight excluding hydrogens is 330 g/mol. The molecule has 0 aromatic heterocycles. The number of rotatable bonds is 2. The number of aliphatic hydroxyl groups is 1. The second-order valence-corrected chi connectivity index (χ2v) is 5.71. The van der Waals surface area contributed by atoms with E-state index in [0.717, 1.165) is 5.56 Å². The Kier molecular flexibility index (Phi) is 9.51. The van der Waals surface area contributed by atoms with Gasteiger partial charge in [0.2, 0.25) is 0 Å². The second-order valence-electron chi connectivity index (χ2n) is 3.92. The molecule has 1 aromatic rings. The van der Waals surface area contributed by atoms with E-state index in [1.54, 1.807) is 6.92 Å². The highest BCUT2D eigenvalue weighted by molar-refractivity contribution is 7.80. The largest absolute Gasteiger partial charge is 0.394 e. The highest BCUT2D eigenvalue weighted by Gasteiger charge is 2.12. The first kappa shape index (κ1) is 22.2. The minimum atomic E-state index is -4.67. The fraction of sp³-hybridized carbons (Fsp3) is 0.333. The molecule has 1 unspecified atom stereocenters. The molecule has 0 aliphatic heterocycles. The van der Waals surface area contributed by atoms with Gasteiger partial charge in [0.25, 0.3) is 0 Å². The molecule has 1 rings (SSSR count). The van der Waals surface area contributed by atoms with Crippen molar-refractivity contribution in [1.82, 2.24) is 0 Å². The topological polar surface area (TPSA) is 195 Å². The summed E-state index contributed by atoms with van der Waals surface area (Å²) in [5.74, 6) is 0. The summed E-state index contributed by atoms with van der Waals surface area (Å²) < 4.78 is 63.2. The number of nitrogens with two attached hydrogens (primary N) is 1. The van der Waals surface area contributed by atoms with Gasteiger partial charge in [0.05, 0.1) is 0 Å². The molecule has 7 N–H and O–H groups in total. The summed E-state index contributed by atoms with van der Waals surface area (Å²) in [6.45, 7) is 1.60. The van der Waals surface area contributed by atoms with Crippen molar-refractivity contribution in [3.8, 4) is 0 Å². The lowest BCUT2D eigenvalue weighted by Crippen LogP contribution is -2.37. The number of hydrogen-bond acceptors (Lipinski definition) is 6. The Morgan fingerprint density at radius 1 is 0.952 bits per heavy atom. The maximum atomic E-state index is 9.25. The first-order valence-electron chi connectivity index (χ1n) is 5.03. The Balaban J connectivity index is 0. The maximum Gasteiger partial charge on any atom is 0.394 e. The van der Waals surface area contributed by atoms with Crippen LogP contribution in [0.4, 0.5) is 0 Å². The Hall–Kier alpha value is -1.12. The molecule has 0 radical (unpaired) electrons. The van der Waals surface area contributed by atoms with Gasteiger partial charge in [0.15, 0.2) is 0 Å². The molecule has 1 atom stereocenters. The normalized spacial score (nSPS) is 13.9. The van der Waals surface area contributed by atoms with Crippen molar-refractivity contribution in [3.05, 3.63) is 35.9 Å². The fourth-order valence-electron chi connectivity index (χ4n) is 1.01. The van der Waals surface area contributed by atoms with E-state index in [2.05, 4.69) is 0 Å². The molecule has 21 heavy (non-hydrogen) atoms. The lowest BCUT2D eigenvalue weighted by Gasteiger charge is -2.16. The summed E-state index contributed by atoms with van der Waals surface area (Å²) in [7, 11) is -9.33. The van der Waals surface area contributed by atoms with Crippen LogP contribution in [0.3, 0.4) is 0 Å². The first-order valence-corrected chi connectivity index (χ1v) is 7.82. The van der Waals surface area contributed by atoms with Gasteiger partial charge in [0, 0.05) is 6.42 Å². The minimum Gasteiger partial charge on any atom is -0.376 e. The van der Waals surface area contributed by atoms with Crippen LogP contribution >= 0.6 is 0 Å². The molecule has 0 spiro atoms. The third kappa shape index (κ3) is 38.1. The van der Waals surface area contributed by atoms with Crippen molar-refractivity contribution in [2.24, 2.45) is 5.73 Å². The van der Waals surface area contributed by atoms with Gasteiger partial charge in [-0.15, -0.1) is 0 Å². The quantitative estimate of drug-likeness (QED) is 0.302. The highest BCUT2D eigenvalue weighted by atomic mass is 32.3. The third-order valence-electron chi connectivity index (χ3n) is 1.40. The van der Waals surface area contributed by atoms with Crippen LogP contribution in [-0.4, -0.2) is 45.9 Å². The van der Waals surface area contributed by atoms with E-state index >= 15 is 0 Å². The van der Waals surface area contributed by atoms with Crippen LogP contribution in [0.5, 0.6) is 0 Å². The van der Waals surface area contributed by atoms with E-state index in [9.17, 15) is 5.11 Å². The average molecular weight is 347 g/mol. The molecule has 0 saturated heterocycles. The van der Waals surface area contributed by atoms with Crippen molar-refractivity contribution in [3.63, 3.8) is 0 Å². The van der Waals surface area contributed by atoms with Gasteiger partial charge in [-0.05, 0) is 12.5 Å². The van der Waals surface area contributed by atoms with Gasteiger partial charge in [-0.25, -0.2) is 0 Å². The van der Waals surface area contributed by atoms with E-state index in [4.69, 9.17) is 40.8 Å². The molecule has 124 valence electrons. The van der Waals surface area contributed by atoms with E-state index in [-0.39, 0.29) is 0 Å². The highest BCUT2D eigenvalue weighted by Crippen LogP contribution is 2.06. The van der Waals surface area contributed by atoms with Crippen molar-refractivity contribution >= 4 is 20.8 Å². The number of benzene rings is 1. The van der Waals surface area contributed by atoms with Crippen molar-refractivity contribution in [2.75, 3.05) is 0 Å². The van der Waals surface area contributed by atoms with Crippen molar-refractivity contribution < 1.29 is 40.2 Å². The Morgan fingerprint density at radius 3 is 1.48 bits per heavy atom. The molecule has 12 heteroatoms. The van der Waals surface area contributed by atoms with E-state index in [0.29, 0.717) is 6.42 Å². The zero-order valence-electron chi connectivity index (χ0n) is 10.9. The zero-order valence-corrected chi connectivity index (χ0v) is 12.5. The molecule has 0 aliphatic rings. The Morgan fingerprint density at radius 2 is 1.24 bits per heavy atom. The molecule has 10 nitrogen and oxygen atoms in total. The van der Waals surface area contributed by atoms with Crippen LogP contribution in [0.2, 0.25) is 0 Å². The lowest BCUT2D eigenvalue weighted by molar-refractivity contribution is 0.0677. The van der Waals surface area contributed by atoms with Crippen molar-refractivity contribution in [1.29, 1.82) is 0 Å². The SMILES string of the molecule is CC(N)(O)Cc1ccccc1.O=S(=O)(O)O.O=S(=O)(O)O. The van der Waals surface area contributed by atoms with Crippen LogP contribution in [-0.2, 0) is 27.2 Å². The van der Waals surface area contributed by atoms with Gasteiger partial charge in [-0.3, -0.25) is 18.2 Å². The summed E-state index contributed by atoms with van der Waals surface area (Å²) in [5, 5.41) is 9.25. The monoisotopic (exact) mass is 347 g/mol. The molecular formula is C9H17NO9S2. The predicted molar refractivity (Wildman–Crippen MR) is 73.3 cm³/mol. The molecule has 0 heterocycles. The van der Waals surface area contributed by atoms with E-state index < -0.39 is 26.5 Å². The lowest BCUT2D eigenvalue weighted by atomic mass is 10.1. The van der Waals surface area contributed by atoms with Crippen molar-refractivity contribution in [2.45, 2.75) is 19.1 Å². The molecule has 1 aromatic carbocycles. The van der Waals surface area contributed by atoms with Gasteiger partial charge < -0.3 is 10.8 Å². The van der Waals surface area contributed by atoms with E-state index in [1.165, 1.54) is 0 Å². The van der Waals surface area contributed by atoms with Gasteiger partial charge in [0.1, 0.15) is 5.72 Å². The minimum absolute atomic E-state index is 0.494. The average Bonchev–Trinajstić information content (AvgIpc) is 2.10. The molecule has 0 amide bonds. The number of hydrogen-bond donors (Lipinski definition) is 6. The summed E-state index contributed by atoms with van der Waals surface area (Å²) >= 11 is 0. The van der Waals surface area contributed by atoms with Crippen LogP contribution in [0.15, 0.2) is 30.3 Å². The standard InChI is InChI=1S/C9H13NO.2H2O4S/c1-9(10,11)7-8-5-3-2-4-6-8;2*1-5(2,3)4/h2-6,11H,7,10H2,1H3;2*(H2,1,2,3,4). The van der Waals surface area contributed by atoms with E-state index in [1.807, 2.05) is 30.3 Å². The predicted octanol–water partition coefficient (Wildman–Crippen LogP) is -0.409. The fourth-order valence-corrected chi connectivity index (χ4v) is 1.01. The summed E-state index contributed by atoms with van der Waals surface area (Å²) in [6, 6.07) is 9.69. The molecule has 0 bridgehead atoms. The zero-order chi connectivity index (χ0) is 17.3. The van der Waals surface area contributed by atoms with Gasteiger partial charge in [-0.2, -0.15) is 16.8 Å². The van der Waals surface area contributed by atoms with Gasteiger partial charge >= 0.3 is 20.8 Å². The summed E-state index contributed by atoms with van der Waals surface area (Å²) in [6.07, 6.45) is 0.494. The van der Waals surface area contributed by atoms with Crippen LogP contribution in [0.25, 0.3) is 0 Å². The third-order valence-corrected chi connectivity index (χ3v) is 1.40. The summed E-state index contributed by atoms with van der Waals surface area (Å²) in [5.41, 5.74) is 5.38. The van der Waals surface area contributed by atoms with Crippen LogP contribution < -0.4 is 5.73 Å². The Labute approximate surface area is 122 Å². The first-order chi connectivity index (χ1) is 9.08. The molecule has 0 fully saturated rings. The van der Waals surface area contributed by atoms with Gasteiger partial charge in [-0.1, -0.05) is 30.3 Å². The summed E-state index contributed by atoms with van der Waals surface area (Å²) in [4.78, 5) is 0. The van der Waals surface area contributed by atoms with Crippen LogP contribution in [0, 0.1) is 0 Å². The Bertz CT molecular complexity index is 544. The molecule has 0 saturated carbocycles. The molecule has 0 aliphatic carbocycles. The smallest absolute Gasteiger partial charge is 0.376 e. The maximum absolute atomic E-state index is 9.25. The van der Waals surface area contributed by atoms with Crippen LogP contribution in [0.1, 0.15) is 12.5 Å².